The standard InChI is InChI=1S/C19H25N5O3S/c1-16-20-18(15-19(21-16)27-17-7-3-2-4-8-17)22-11-13-24(14-12-22)28(25,26)23-9-5-6-10-23/h2-4,7-8,15H,5-6,9-14H2,1H3. The number of anilines is 1. The van der Waals surface area contributed by atoms with Crippen LogP contribution in [0.15, 0.2) is 36.4 Å². The highest BCUT2D eigenvalue weighted by Gasteiger charge is 2.34. The summed E-state index contributed by atoms with van der Waals surface area (Å²) >= 11 is 0. The van der Waals surface area contributed by atoms with Crippen LogP contribution in [0.1, 0.15) is 18.7 Å². The number of rotatable bonds is 5. The highest BCUT2D eigenvalue weighted by molar-refractivity contribution is 7.86. The summed E-state index contributed by atoms with van der Waals surface area (Å²) in [5.41, 5.74) is 0. The van der Waals surface area contributed by atoms with E-state index in [0.717, 1.165) is 18.7 Å². The van der Waals surface area contributed by atoms with Crippen molar-refractivity contribution in [3.05, 3.63) is 42.2 Å². The lowest BCUT2D eigenvalue weighted by atomic mass is 10.3. The van der Waals surface area contributed by atoms with E-state index in [-0.39, 0.29) is 0 Å². The molecule has 0 N–H and O–H groups in total. The van der Waals surface area contributed by atoms with Gasteiger partial charge in [-0.05, 0) is 31.9 Å². The molecule has 28 heavy (non-hydrogen) atoms. The quantitative estimate of drug-likeness (QED) is 0.760. The molecule has 4 rings (SSSR count). The van der Waals surface area contributed by atoms with E-state index in [1.54, 1.807) is 8.61 Å². The maximum absolute atomic E-state index is 12.7. The van der Waals surface area contributed by atoms with Crippen LogP contribution >= 0.6 is 0 Å². The Bertz CT molecular complexity index is 908. The minimum absolute atomic E-state index is 0.455. The Hall–Kier alpha value is -2.23. The zero-order valence-corrected chi connectivity index (χ0v) is 16.8. The van der Waals surface area contributed by atoms with Crippen LogP contribution in [0, 0.1) is 6.92 Å². The number of ether oxygens (including phenoxy) is 1. The van der Waals surface area contributed by atoms with E-state index < -0.39 is 10.2 Å². The minimum atomic E-state index is -3.34. The van der Waals surface area contributed by atoms with Gasteiger partial charge in [0.05, 0.1) is 0 Å². The Labute approximate surface area is 165 Å². The van der Waals surface area contributed by atoms with Crippen molar-refractivity contribution in [3.8, 4) is 11.6 Å². The second-order valence-electron chi connectivity index (χ2n) is 7.03. The van der Waals surface area contributed by atoms with Crippen LogP contribution in [0.4, 0.5) is 5.82 Å². The third-order valence-electron chi connectivity index (χ3n) is 5.05. The molecule has 1 aromatic heterocycles. The predicted octanol–water partition coefficient (Wildman–Crippen LogP) is 2.04. The Kier molecular flexibility index (Phi) is 5.47. The van der Waals surface area contributed by atoms with Gasteiger partial charge in [-0.1, -0.05) is 18.2 Å². The molecule has 0 atom stereocenters. The molecule has 2 aliphatic rings. The number of benzene rings is 1. The zero-order valence-electron chi connectivity index (χ0n) is 16.0. The summed E-state index contributed by atoms with van der Waals surface area (Å²) in [6, 6.07) is 11.3. The zero-order chi connectivity index (χ0) is 19.6. The van der Waals surface area contributed by atoms with Gasteiger partial charge in [0.2, 0.25) is 5.88 Å². The van der Waals surface area contributed by atoms with E-state index in [9.17, 15) is 8.42 Å². The minimum Gasteiger partial charge on any atom is -0.439 e. The summed E-state index contributed by atoms with van der Waals surface area (Å²) in [6.07, 6.45) is 1.90. The molecule has 0 saturated carbocycles. The fraction of sp³-hybridized carbons (Fsp3) is 0.474. The van der Waals surface area contributed by atoms with E-state index in [0.29, 0.717) is 56.7 Å². The fourth-order valence-electron chi connectivity index (χ4n) is 3.58. The third-order valence-corrected chi connectivity index (χ3v) is 7.08. The molecule has 0 unspecified atom stereocenters. The van der Waals surface area contributed by atoms with Crippen molar-refractivity contribution in [2.24, 2.45) is 0 Å². The summed E-state index contributed by atoms with van der Waals surface area (Å²) in [5, 5.41) is 0. The van der Waals surface area contributed by atoms with Crippen LogP contribution in [0.2, 0.25) is 0 Å². The van der Waals surface area contributed by atoms with Gasteiger partial charge < -0.3 is 9.64 Å². The van der Waals surface area contributed by atoms with Crippen LogP contribution in [0.25, 0.3) is 0 Å². The lowest BCUT2D eigenvalue weighted by molar-refractivity contribution is 0.342. The molecule has 0 spiro atoms. The van der Waals surface area contributed by atoms with Crippen LogP contribution in [-0.4, -0.2) is 66.3 Å². The van der Waals surface area contributed by atoms with Gasteiger partial charge in [-0.3, -0.25) is 0 Å². The average Bonchev–Trinajstić information content (AvgIpc) is 3.24. The normalized spacial score (nSPS) is 19.1. The highest BCUT2D eigenvalue weighted by atomic mass is 32.2. The Morgan fingerprint density at radius 2 is 1.54 bits per heavy atom. The Balaban J connectivity index is 1.44. The second-order valence-corrected chi connectivity index (χ2v) is 8.96. The molecule has 3 heterocycles. The predicted molar refractivity (Wildman–Crippen MR) is 107 cm³/mol. The van der Waals surface area contributed by atoms with Crippen molar-refractivity contribution in [2.75, 3.05) is 44.2 Å². The van der Waals surface area contributed by atoms with Crippen molar-refractivity contribution in [1.29, 1.82) is 0 Å². The largest absolute Gasteiger partial charge is 0.439 e. The van der Waals surface area contributed by atoms with Crippen molar-refractivity contribution >= 4 is 16.0 Å². The topological polar surface area (TPSA) is 78.9 Å². The summed E-state index contributed by atoms with van der Waals surface area (Å²) in [6.45, 7) is 5.19. The van der Waals surface area contributed by atoms with Crippen molar-refractivity contribution in [2.45, 2.75) is 19.8 Å². The number of aryl methyl sites for hydroxylation is 1. The molecule has 9 heteroatoms. The summed E-state index contributed by atoms with van der Waals surface area (Å²) < 4.78 is 34.5. The number of aromatic nitrogens is 2. The summed E-state index contributed by atoms with van der Waals surface area (Å²) in [5.74, 6) is 2.58. The average molecular weight is 404 g/mol. The van der Waals surface area contributed by atoms with Gasteiger partial charge in [-0.2, -0.15) is 22.0 Å². The molecule has 150 valence electrons. The Morgan fingerprint density at radius 3 is 2.21 bits per heavy atom. The molecule has 2 saturated heterocycles. The van der Waals surface area contributed by atoms with Crippen LogP contribution in [-0.2, 0) is 10.2 Å². The molecule has 0 amide bonds. The lowest BCUT2D eigenvalue weighted by Crippen LogP contribution is -2.52. The van der Waals surface area contributed by atoms with E-state index >= 15 is 0 Å². The van der Waals surface area contributed by atoms with Gasteiger partial charge in [-0.25, -0.2) is 4.98 Å². The van der Waals surface area contributed by atoms with Gasteiger partial charge in [0.25, 0.3) is 10.2 Å². The number of piperazine rings is 1. The second kappa shape index (κ2) is 8.02. The van der Waals surface area contributed by atoms with Crippen molar-refractivity contribution < 1.29 is 13.2 Å². The van der Waals surface area contributed by atoms with E-state index in [1.165, 1.54) is 0 Å². The van der Waals surface area contributed by atoms with Crippen LogP contribution < -0.4 is 9.64 Å². The summed E-state index contributed by atoms with van der Waals surface area (Å²) in [7, 11) is -3.34. The van der Waals surface area contributed by atoms with E-state index in [4.69, 9.17) is 4.74 Å². The molecular formula is C19H25N5O3S. The van der Waals surface area contributed by atoms with Gasteiger partial charge in [0, 0.05) is 45.3 Å². The van der Waals surface area contributed by atoms with Gasteiger partial charge in [-0.15, -0.1) is 0 Å². The molecule has 0 aliphatic carbocycles. The maximum Gasteiger partial charge on any atom is 0.282 e. The molecule has 2 fully saturated rings. The monoisotopic (exact) mass is 403 g/mol. The molecule has 0 bridgehead atoms. The summed E-state index contributed by atoms with van der Waals surface area (Å²) in [4.78, 5) is 11.0. The first-order valence-corrected chi connectivity index (χ1v) is 11.0. The molecule has 8 nitrogen and oxygen atoms in total. The van der Waals surface area contributed by atoms with Gasteiger partial charge in [0.15, 0.2) is 0 Å². The van der Waals surface area contributed by atoms with Crippen molar-refractivity contribution in [1.82, 2.24) is 18.6 Å². The molecule has 0 radical (unpaired) electrons. The molecular weight excluding hydrogens is 378 g/mol. The highest BCUT2D eigenvalue weighted by Crippen LogP contribution is 2.25. The fourth-order valence-corrected chi connectivity index (χ4v) is 5.25. The number of hydrogen-bond acceptors (Lipinski definition) is 6. The van der Waals surface area contributed by atoms with E-state index in [2.05, 4.69) is 14.9 Å². The van der Waals surface area contributed by atoms with Crippen LogP contribution in [0.3, 0.4) is 0 Å². The molecule has 2 aliphatic heterocycles. The first kappa shape index (κ1) is 19.1. The smallest absolute Gasteiger partial charge is 0.282 e. The number of para-hydroxylation sites is 1. The maximum atomic E-state index is 12.7. The lowest BCUT2D eigenvalue weighted by Gasteiger charge is -2.36. The first-order valence-electron chi connectivity index (χ1n) is 9.61. The van der Waals surface area contributed by atoms with Gasteiger partial charge in [0.1, 0.15) is 17.4 Å². The first-order chi connectivity index (χ1) is 13.5. The van der Waals surface area contributed by atoms with E-state index in [1.807, 2.05) is 43.3 Å². The third kappa shape index (κ3) is 4.11. The molecule has 2 aromatic rings. The number of hydrogen-bond donors (Lipinski definition) is 0. The number of nitrogens with zero attached hydrogens (tertiary/aromatic N) is 5. The van der Waals surface area contributed by atoms with Crippen molar-refractivity contribution in [3.63, 3.8) is 0 Å². The molecule has 1 aromatic carbocycles. The van der Waals surface area contributed by atoms with Crippen LogP contribution in [0.5, 0.6) is 11.6 Å². The SMILES string of the molecule is Cc1nc(Oc2ccccc2)cc(N2CCN(S(=O)(=O)N3CCCC3)CC2)n1. The Morgan fingerprint density at radius 1 is 0.893 bits per heavy atom. The van der Waals surface area contributed by atoms with Gasteiger partial charge >= 0.3 is 0 Å².